The molecule has 0 aliphatic rings. The predicted molar refractivity (Wildman–Crippen MR) is 300 cm³/mol. The second-order valence-electron chi connectivity index (χ2n) is 19.3. The second-order valence-corrected chi connectivity index (χ2v) is 19.3. The van der Waals surface area contributed by atoms with Gasteiger partial charge in [-0.05, 0) is 131 Å². The lowest BCUT2D eigenvalue weighted by molar-refractivity contribution is -0.137. The summed E-state index contributed by atoms with van der Waals surface area (Å²) in [6.45, 7) is 0. The Hall–Kier alpha value is -10.8. The van der Waals surface area contributed by atoms with E-state index < -0.39 is 111 Å². The number of fused-ring (bicyclic) bond motifs is 3. The maximum Gasteiger partial charge on any atom is 0.343 e. The van der Waals surface area contributed by atoms with Crippen LogP contribution in [-0.4, -0.2) is 57.1 Å². The van der Waals surface area contributed by atoms with Gasteiger partial charge in [0.15, 0.2) is 52.4 Å². The highest BCUT2D eigenvalue weighted by Gasteiger charge is 2.20. The molecule has 24 heteroatoms. The topological polar surface area (TPSA) is 226 Å². The number of carboxylic acids is 2. The van der Waals surface area contributed by atoms with Crippen molar-refractivity contribution in [2.75, 3.05) is 0 Å². The molecule has 0 aromatic heterocycles. The van der Waals surface area contributed by atoms with Crippen molar-refractivity contribution in [3.8, 4) is 34.5 Å². The standard InChI is InChI=1S/C41H26F6O8.C17H9F3O3.C7H12O4/c42-32-18-30(19-33(43)38(32)46)54-40(50)26-8-6-24-16-28(12-10-22(24)14-26)52-36(48)4-2-1-3-5-37(49)53-29-13-11-23-15-27(9-7-25(23)17-29)41(51)55-31-20-34(44)39(47)35(45)21-31;18-14-7-13(8-15(19)16(14)20)23-17(22)11-2-1-10-6-12(21)4-3-9(10)5-11;8-6(9)4-2-1-3-5-7(10)11/h6-21H,1-5H2;1-8,21H;1-5H2,(H,8,9)(H,10,11). The molecule has 0 bridgehead atoms. The largest absolute Gasteiger partial charge is 0.508 e. The minimum atomic E-state index is -1.68. The number of carbonyl (C=O) groups excluding carboxylic acids is 5. The molecule has 0 aliphatic carbocycles. The highest BCUT2D eigenvalue weighted by Crippen LogP contribution is 2.29. The van der Waals surface area contributed by atoms with Gasteiger partial charge in [0.2, 0.25) is 0 Å². The van der Waals surface area contributed by atoms with E-state index in [9.17, 15) is 78.2 Å². The quantitative estimate of drug-likeness (QED) is 0.0212. The minimum Gasteiger partial charge on any atom is -0.508 e. The molecule has 15 nitrogen and oxygen atoms in total. The molecule has 0 saturated heterocycles. The number of rotatable bonds is 20. The summed E-state index contributed by atoms with van der Waals surface area (Å²) in [6, 6.07) is 30.9. The van der Waals surface area contributed by atoms with E-state index in [4.69, 9.17) is 33.9 Å². The number of halogens is 9. The van der Waals surface area contributed by atoms with Crippen LogP contribution in [0.2, 0.25) is 0 Å². The van der Waals surface area contributed by atoms with E-state index in [0.29, 0.717) is 107 Å². The Morgan fingerprint density at radius 3 is 0.876 bits per heavy atom. The third-order valence-corrected chi connectivity index (χ3v) is 12.7. The summed E-state index contributed by atoms with van der Waals surface area (Å²) in [5.41, 5.74) is 0.269. The molecule has 0 aliphatic heterocycles. The SMILES string of the molecule is O=C(CCCCCC(=O)Oc1ccc2cc(C(=O)Oc3cc(F)c(F)c(F)c3)ccc2c1)Oc1ccc2cc(C(=O)Oc3cc(F)c(F)c(F)c3)ccc2c1.O=C(O)CCCCCC(=O)O.O=C(Oc1cc(F)c(F)c(F)c1)c1ccc2cc(O)ccc2c1. The van der Waals surface area contributed by atoms with Gasteiger partial charge in [-0.3, -0.25) is 19.2 Å². The number of esters is 5. The number of ether oxygens (including phenoxy) is 5. The van der Waals surface area contributed by atoms with Gasteiger partial charge in [-0.15, -0.1) is 0 Å². The summed E-state index contributed by atoms with van der Waals surface area (Å²) < 4.78 is 145. The van der Waals surface area contributed by atoms with Crippen molar-refractivity contribution in [1.29, 1.82) is 0 Å². The molecule has 3 N–H and O–H groups in total. The monoisotopic (exact) mass is 1240 g/mol. The zero-order valence-electron chi connectivity index (χ0n) is 46.1. The number of hydrogen-bond acceptors (Lipinski definition) is 13. The lowest BCUT2D eigenvalue weighted by Gasteiger charge is -2.09. The van der Waals surface area contributed by atoms with Crippen LogP contribution in [0.25, 0.3) is 32.3 Å². The number of hydrogen-bond donors (Lipinski definition) is 3. The second kappa shape index (κ2) is 30.5. The Labute approximate surface area is 498 Å². The molecule has 0 amide bonds. The third-order valence-electron chi connectivity index (χ3n) is 12.7. The Morgan fingerprint density at radius 1 is 0.292 bits per heavy atom. The van der Waals surface area contributed by atoms with Crippen LogP contribution >= 0.6 is 0 Å². The number of carboxylic acid groups (broad SMARTS) is 2. The van der Waals surface area contributed by atoms with Crippen LogP contribution in [0.15, 0.2) is 146 Å². The van der Waals surface area contributed by atoms with Gasteiger partial charge in [0.05, 0.1) is 16.7 Å². The average molecular weight is 1240 g/mol. The molecule has 89 heavy (non-hydrogen) atoms. The number of carbonyl (C=O) groups is 7. The first-order valence-corrected chi connectivity index (χ1v) is 26.6. The maximum atomic E-state index is 13.5. The number of unbranched alkanes of at least 4 members (excludes halogenated alkanes) is 4. The summed E-state index contributed by atoms with van der Waals surface area (Å²) >= 11 is 0. The number of aromatic hydroxyl groups is 1. The van der Waals surface area contributed by atoms with Crippen LogP contribution in [-0.2, 0) is 19.2 Å². The van der Waals surface area contributed by atoms with Gasteiger partial charge in [-0.1, -0.05) is 49.2 Å². The summed E-state index contributed by atoms with van der Waals surface area (Å²) in [5, 5.41) is 29.6. The highest BCUT2D eigenvalue weighted by atomic mass is 19.2. The third kappa shape index (κ3) is 19.1. The first-order valence-electron chi connectivity index (χ1n) is 26.6. The normalized spacial score (nSPS) is 10.8. The van der Waals surface area contributed by atoms with E-state index in [-0.39, 0.29) is 59.6 Å². The van der Waals surface area contributed by atoms with E-state index in [0.717, 1.165) is 0 Å². The first kappa shape index (κ1) is 65.8. The van der Waals surface area contributed by atoms with E-state index in [1.54, 1.807) is 48.5 Å². The fraction of sp³-hybridized carbons (Fsp3) is 0.154. The molecule has 0 atom stereocenters. The van der Waals surface area contributed by atoms with Crippen LogP contribution < -0.4 is 23.7 Å². The molecule has 9 aromatic carbocycles. The average Bonchev–Trinajstić information content (AvgIpc) is 1.70. The Bertz CT molecular complexity index is 3920. The molecule has 9 rings (SSSR count). The summed E-state index contributed by atoms with van der Waals surface area (Å²) in [5.74, 6) is -20.0. The lowest BCUT2D eigenvalue weighted by atomic mass is 10.1. The highest BCUT2D eigenvalue weighted by molar-refractivity contribution is 5.99. The van der Waals surface area contributed by atoms with Crippen molar-refractivity contribution in [3.05, 3.63) is 215 Å². The van der Waals surface area contributed by atoms with Gasteiger partial charge < -0.3 is 39.0 Å². The van der Waals surface area contributed by atoms with Gasteiger partial charge >= 0.3 is 41.8 Å². The van der Waals surface area contributed by atoms with Gasteiger partial charge in [0.1, 0.15) is 34.5 Å². The lowest BCUT2D eigenvalue weighted by Crippen LogP contribution is -2.10. The van der Waals surface area contributed by atoms with Gasteiger partial charge in [-0.25, -0.2) is 53.9 Å². The number of aliphatic carboxylic acids is 2. The van der Waals surface area contributed by atoms with E-state index >= 15 is 0 Å². The molecule has 0 heterocycles. The van der Waals surface area contributed by atoms with Crippen molar-refractivity contribution in [3.63, 3.8) is 0 Å². The van der Waals surface area contributed by atoms with Gasteiger partial charge in [0, 0.05) is 62.1 Å². The van der Waals surface area contributed by atoms with E-state index in [1.807, 2.05) is 0 Å². The van der Waals surface area contributed by atoms with Crippen molar-refractivity contribution >= 4 is 74.1 Å². The van der Waals surface area contributed by atoms with E-state index in [2.05, 4.69) is 0 Å². The first-order chi connectivity index (χ1) is 42.4. The van der Waals surface area contributed by atoms with Crippen LogP contribution in [0.4, 0.5) is 39.5 Å². The molecule has 0 spiro atoms. The zero-order valence-corrected chi connectivity index (χ0v) is 46.1. The van der Waals surface area contributed by atoms with Gasteiger partial charge in [0.25, 0.3) is 0 Å². The van der Waals surface area contributed by atoms with Crippen LogP contribution in [0, 0.1) is 52.4 Å². The minimum absolute atomic E-state index is 0.0612. The van der Waals surface area contributed by atoms with Crippen LogP contribution in [0.3, 0.4) is 0 Å². The molecular weight excluding hydrogens is 1190 g/mol. The molecule has 0 unspecified atom stereocenters. The number of phenols is 1. The predicted octanol–water partition coefficient (Wildman–Crippen LogP) is 15.0. The van der Waals surface area contributed by atoms with Crippen molar-refractivity contribution in [2.45, 2.75) is 64.2 Å². The smallest absolute Gasteiger partial charge is 0.343 e. The molecule has 0 radical (unpaired) electrons. The molecule has 0 fully saturated rings. The van der Waals surface area contributed by atoms with Crippen molar-refractivity contribution in [2.24, 2.45) is 0 Å². The maximum absolute atomic E-state index is 13.5. The summed E-state index contributed by atoms with van der Waals surface area (Å²) in [7, 11) is 0. The Kier molecular flexibility index (Phi) is 22.6. The van der Waals surface area contributed by atoms with Crippen LogP contribution in [0.1, 0.15) is 95.3 Å². The van der Waals surface area contributed by atoms with E-state index in [1.165, 1.54) is 60.7 Å². The van der Waals surface area contributed by atoms with Gasteiger partial charge in [-0.2, -0.15) is 0 Å². The van der Waals surface area contributed by atoms with Crippen molar-refractivity contribution in [1.82, 2.24) is 0 Å². The zero-order chi connectivity index (χ0) is 64.5. The summed E-state index contributed by atoms with van der Waals surface area (Å²) in [4.78, 5) is 81.8. The molecule has 9 aromatic rings. The molecule has 460 valence electrons. The summed E-state index contributed by atoms with van der Waals surface area (Å²) in [6.07, 6.45) is 3.69. The van der Waals surface area contributed by atoms with Crippen LogP contribution in [0.5, 0.6) is 34.5 Å². The molecular formula is C65H47F9O15. The van der Waals surface area contributed by atoms with Crippen molar-refractivity contribution < 1.29 is 112 Å². The molecule has 0 saturated carbocycles. The fourth-order valence-corrected chi connectivity index (χ4v) is 8.27. The number of phenolic OH excluding ortho intramolecular Hbond substituents is 1. The Balaban J connectivity index is 0.000000270. The fourth-order valence-electron chi connectivity index (χ4n) is 8.27. The Morgan fingerprint density at radius 2 is 0.562 bits per heavy atom. The number of benzene rings is 9.